The number of carbonyl (C=O) groups excluding carboxylic acids is 1. The molecule has 0 saturated heterocycles. The summed E-state index contributed by atoms with van der Waals surface area (Å²) in [6.07, 6.45) is 1.48. The molecule has 0 bridgehead atoms. The van der Waals surface area contributed by atoms with Crippen molar-refractivity contribution in [3.8, 4) is 0 Å². The third kappa shape index (κ3) is 2.69. The lowest BCUT2D eigenvalue weighted by atomic mass is 10.3. The molecule has 0 atom stereocenters. The van der Waals surface area contributed by atoms with E-state index in [9.17, 15) is 13.2 Å². The number of amides is 1. The van der Waals surface area contributed by atoms with Gasteiger partial charge in [0, 0.05) is 37.0 Å². The van der Waals surface area contributed by atoms with Gasteiger partial charge in [0.25, 0.3) is 15.9 Å². The Morgan fingerprint density at radius 2 is 1.86 bits per heavy atom. The molecule has 2 aromatic rings. The number of halogens is 1. The second-order valence-electron chi connectivity index (χ2n) is 5.09. The molecule has 116 valence electrons. The first-order valence-corrected chi connectivity index (χ1v) is 8.47. The molecular weight excluding hydrogens is 326 g/mol. The van der Waals surface area contributed by atoms with Gasteiger partial charge in [-0.25, -0.2) is 8.42 Å². The van der Waals surface area contributed by atoms with Crippen molar-refractivity contribution in [2.45, 2.75) is 11.4 Å². The number of hydrogen-bond donors (Lipinski definition) is 1. The van der Waals surface area contributed by atoms with E-state index in [1.54, 1.807) is 40.8 Å². The molecule has 6 nitrogen and oxygen atoms in total. The Morgan fingerprint density at radius 3 is 2.55 bits per heavy atom. The fourth-order valence-electron chi connectivity index (χ4n) is 2.28. The van der Waals surface area contributed by atoms with Gasteiger partial charge in [0.1, 0.15) is 10.6 Å². The summed E-state index contributed by atoms with van der Waals surface area (Å²) in [4.78, 5) is 13.7. The van der Waals surface area contributed by atoms with Crippen LogP contribution in [0.15, 0.2) is 41.4 Å². The fraction of sp³-hybridized carbons (Fsp3) is 0.214. The molecule has 0 saturated carbocycles. The van der Waals surface area contributed by atoms with Crippen LogP contribution in [-0.4, -0.2) is 37.4 Å². The number of benzene rings is 1. The molecule has 1 aromatic heterocycles. The molecule has 1 aliphatic rings. The van der Waals surface area contributed by atoms with Crippen molar-refractivity contribution >= 4 is 33.2 Å². The first-order chi connectivity index (χ1) is 10.4. The Hall–Kier alpha value is -1.99. The van der Waals surface area contributed by atoms with E-state index in [-0.39, 0.29) is 10.8 Å². The van der Waals surface area contributed by atoms with Gasteiger partial charge in [-0.2, -0.15) is 0 Å². The Morgan fingerprint density at radius 1 is 1.18 bits per heavy atom. The van der Waals surface area contributed by atoms with Crippen molar-refractivity contribution in [2.24, 2.45) is 0 Å². The van der Waals surface area contributed by atoms with Gasteiger partial charge in [-0.3, -0.25) is 9.52 Å². The van der Waals surface area contributed by atoms with Crippen LogP contribution in [0.4, 0.5) is 5.69 Å². The van der Waals surface area contributed by atoms with Crippen molar-refractivity contribution in [1.29, 1.82) is 0 Å². The number of aromatic nitrogens is 1. The number of rotatable bonds is 3. The third-order valence-corrected chi connectivity index (χ3v) is 5.12. The van der Waals surface area contributed by atoms with Gasteiger partial charge in [0.05, 0.1) is 0 Å². The summed E-state index contributed by atoms with van der Waals surface area (Å²) < 4.78 is 29.0. The first-order valence-electron chi connectivity index (χ1n) is 6.61. The van der Waals surface area contributed by atoms with Crippen molar-refractivity contribution in [1.82, 2.24) is 9.47 Å². The van der Waals surface area contributed by atoms with Crippen molar-refractivity contribution in [2.75, 3.05) is 18.3 Å². The first kappa shape index (κ1) is 14.9. The Kier molecular flexibility index (Phi) is 3.62. The summed E-state index contributed by atoms with van der Waals surface area (Å²) in [6, 6.07) is 7.76. The molecule has 0 unspecified atom stereocenters. The molecule has 0 radical (unpaired) electrons. The Labute approximate surface area is 133 Å². The molecule has 1 amide bonds. The number of carbonyl (C=O) groups is 1. The zero-order chi connectivity index (χ0) is 15.9. The van der Waals surface area contributed by atoms with Crippen LogP contribution < -0.4 is 4.72 Å². The summed E-state index contributed by atoms with van der Waals surface area (Å²) in [5.74, 6) is -0.181. The van der Waals surface area contributed by atoms with Gasteiger partial charge in [-0.1, -0.05) is 11.6 Å². The molecule has 1 aromatic carbocycles. The second-order valence-corrected chi connectivity index (χ2v) is 7.21. The molecule has 1 N–H and O–H groups in total. The van der Waals surface area contributed by atoms with E-state index in [2.05, 4.69) is 4.72 Å². The summed E-state index contributed by atoms with van der Waals surface area (Å²) >= 11 is 5.78. The SMILES string of the molecule is CN1CCn2cc(S(=O)(=O)Nc3ccc(Cl)cc3)cc2C1=O. The van der Waals surface area contributed by atoms with E-state index in [1.165, 1.54) is 12.3 Å². The highest BCUT2D eigenvalue weighted by Crippen LogP contribution is 2.22. The van der Waals surface area contributed by atoms with E-state index in [4.69, 9.17) is 11.6 Å². The second kappa shape index (κ2) is 5.33. The van der Waals surface area contributed by atoms with E-state index >= 15 is 0 Å². The van der Waals surface area contributed by atoms with Crippen LogP contribution in [0, 0.1) is 0 Å². The van der Waals surface area contributed by atoms with E-state index in [0.29, 0.717) is 29.5 Å². The minimum atomic E-state index is -3.75. The van der Waals surface area contributed by atoms with Crippen LogP contribution in [-0.2, 0) is 16.6 Å². The molecule has 0 aliphatic carbocycles. The smallest absolute Gasteiger partial charge is 0.270 e. The topological polar surface area (TPSA) is 71.4 Å². The normalized spacial score (nSPS) is 14.8. The molecule has 3 rings (SSSR count). The van der Waals surface area contributed by atoms with Gasteiger partial charge in [0.15, 0.2) is 0 Å². The third-order valence-electron chi connectivity index (χ3n) is 3.52. The molecule has 0 spiro atoms. The zero-order valence-corrected chi connectivity index (χ0v) is 13.4. The minimum Gasteiger partial charge on any atom is -0.340 e. The van der Waals surface area contributed by atoms with Gasteiger partial charge in [-0.15, -0.1) is 0 Å². The maximum atomic E-state index is 12.4. The maximum absolute atomic E-state index is 12.4. The number of nitrogens with zero attached hydrogens (tertiary/aromatic N) is 2. The standard InChI is InChI=1S/C14H14ClN3O3S/c1-17-6-7-18-9-12(8-13(18)14(17)19)22(20,21)16-11-4-2-10(15)3-5-11/h2-5,8-9,16H,6-7H2,1H3. The quantitative estimate of drug-likeness (QED) is 0.930. The summed E-state index contributed by atoms with van der Waals surface area (Å²) in [5, 5.41) is 0.524. The van der Waals surface area contributed by atoms with Gasteiger partial charge >= 0.3 is 0 Å². The zero-order valence-electron chi connectivity index (χ0n) is 11.8. The lowest BCUT2D eigenvalue weighted by molar-refractivity contribution is 0.0749. The number of anilines is 1. The molecule has 22 heavy (non-hydrogen) atoms. The van der Waals surface area contributed by atoms with Crippen LogP contribution in [0.1, 0.15) is 10.5 Å². The van der Waals surface area contributed by atoms with Crippen LogP contribution in [0.3, 0.4) is 0 Å². The van der Waals surface area contributed by atoms with Crippen molar-refractivity contribution < 1.29 is 13.2 Å². The van der Waals surface area contributed by atoms with Gasteiger partial charge in [0.2, 0.25) is 0 Å². The summed E-state index contributed by atoms with van der Waals surface area (Å²) in [5.41, 5.74) is 0.794. The Balaban J connectivity index is 1.92. The van der Waals surface area contributed by atoms with Gasteiger partial charge < -0.3 is 9.47 Å². The summed E-state index contributed by atoms with van der Waals surface area (Å²) in [6.45, 7) is 1.14. The van der Waals surface area contributed by atoms with Crippen molar-refractivity contribution in [3.05, 3.63) is 47.2 Å². The number of hydrogen-bond acceptors (Lipinski definition) is 3. The van der Waals surface area contributed by atoms with E-state index in [0.717, 1.165) is 0 Å². The molecule has 8 heteroatoms. The van der Waals surface area contributed by atoms with E-state index in [1.807, 2.05) is 0 Å². The fourth-order valence-corrected chi connectivity index (χ4v) is 3.50. The molecule has 1 aliphatic heterocycles. The highest BCUT2D eigenvalue weighted by molar-refractivity contribution is 7.92. The predicted octanol–water partition coefficient (Wildman–Crippen LogP) is 2.03. The largest absolute Gasteiger partial charge is 0.340 e. The minimum absolute atomic E-state index is 0.0705. The number of nitrogens with one attached hydrogen (secondary N) is 1. The molecular formula is C14H14ClN3O3S. The monoisotopic (exact) mass is 339 g/mol. The number of fused-ring (bicyclic) bond motifs is 1. The van der Waals surface area contributed by atoms with Crippen LogP contribution in [0.25, 0.3) is 0 Å². The van der Waals surface area contributed by atoms with Crippen LogP contribution in [0.5, 0.6) is 0 Å². The van der Waals surface area contributed by atoms with E-state index < -0.39 is 10.0 Å². The maximum Gasteiger partial charge on any atom is 0.270 e. The predicted molar refractivity (Wildman–Crippen MR) is 83.7 cm³/mol. The molecule has 0 fully saturated rings. The summed E-state index contributed by atoms with van der Waals surface area (Å²) in [7, 11) is -2.05. The lowest BCUT2D eigenvalue weighted by Gasteiger charge is -2.23. The number of sulfonamides is 1. The highest BCUT2D eigenvalue weighted by Gasteiger charge is 2.26. The average molecular weight is 340 g/mol. The Bertz CT molecular complexity index is 828. The van der Waals surface area contributed by atoms with Crippen molar-refractivity contribution in [3.63, 3.8) is 0 Å². The lowest BCUT2D eigenvalue weighted by Crippen LogP contribution is -2.36. The average Bonchev–Trinajstić information content (AvgIpc) is 2.91. The number of likely N-dealkylation sites (N-methyl/N-ethyl adjacent to an activating group) is 1. The van der Waals surface area contributed by atoms with Crippen LogP contribution in [0.2, 0.25) is 5.02 Å². The van der Waals surface area contributed by atoms with Crippen LogP contribution >= 0.6 is 11.6 Å². The highest BCUT2D eigenvalue weighted by atomic mass is 35.5. The van der Waals surface area contributed by atoms with Gasteiger partial charge in [-0.05, 0) is 30.3 Å². The molecule has 2 heterocycles.